The number of rotatable bonds is 6. The highest BCUT2D eigenvalue weighted by Gasteiger charge is 2.30. The Balaban J connectivity index is 0.00000144. The van der Waals surface area contributed by atoms with Gasteiger partial charge in [-0.15, -0.1) is 12.4 Å². The predicted octanol–water partition coefficient (Wildman–Crippen LogP) is 2.77. The zero-order chi connectivity index (χ0) is 11.4. The molecule has 0 unspecified atom stereocenters. The second kappa shape index (κ2) is 7.88. The Hall–Kier alpha value is 0.560. The van der Waals surface area contributed by atoms with Crippen molar-refractivity contribution in [2.75, 3.05) is 24.6 Å². The van der Waals surface area contributed by atoms with Crippen LogP contribution in [-0.4, -0.2) is 47.6 Å². The number of nitrogens with one attached hydrogen (secondary N) is 1. The lowest BCUT2D eigenvalue weighted by Crippen LogP contribution is -2.42. The monoisotopic (exact) mass is 278 g/mol. The van der Waals surface area contributed by atoms with Crippen molar-refractivity contribution < 1.29 is 0 Å². The van der Waals surface area contributed by atoms with Gasteiger partial charge in [0.1, 0.15) is 0 Å². The van der Waals surface area contributed by atoms with E-state index in [-0.39, 0.29) is 12.4 Å². The minimum atomic E-state index is 0. The molecule has 1 heterocycles. The van der Waals surface area contributed by atoms with Gasteiger partial charge in [-0.25, -0.2) is 0 Å². The third kappa shape index (κ3) is 5.37. The van der Waals surface area contributed by atoms with Gasteiger partial charge in [-0.1, -0.05) is 0 Å². The van der Waals surface area contributed by atoms with Crippen molar-refractivity contribution in [3.8, 4) is 0 Å². The lowest BCUT2D eigenvalue weighted by Gasteiger charge is -2.28. The fraction of sp³-hybridized carbons (Fsp3) is 1.00. The van der Waals surface area contributed by atoms with Crippen LogP contribution in [0.4, 0.5) is 0 Å². The van der Waals surface area contributed by atoms with E-state index in [0.29, 0.717) is 0 Å². The van der Waals surface area contributed by atoms with Crippen LogP contribution in [0.5, 0.6) is 0 Å². The summed E-state index contributed by atoms with van der Waals surface area (Å²) in [7, 11) is 0. The Morgan fingerprint density at radius 3 is 2.35 bits per heavy atom. The predicted molar refractivity (Wildman–Crippen MR) is 80.5 cm³/mol. The maximum absolute atomic E-state index is 3.73. The van der Waals surface area contributed by atoms with Gasteiger partial charge in [-0.05, 0) is 51.0 Å². The van der Waals surface area contributed by atoms with Crippen LogP contribution in [0.3, 0.4) is 0 Å². The van der Waals surface area contributed by atoms with Crippen LogP contribution >= 0.6 is 24.2 Å². The quantitative estimate of drug-likeness (QED) is 0.804. The highest BCUT2D eigenvalue weighted by molar-refractivity contribution is 7.99. The molecule has 1 aliphatic heterocycles. The Labute approximate surface area is 117 Å². The second-order valence-corrected chi connectivity index (χ2v) is 6.63. The van der Waals surface area contributed by atoms with E-state index in [1.807, 2.05) is 0 Å². The van der Waals surface area contributed by atoms with Crippen LogP contribution in [0.1, 0.15) is 39.5 Å². The highest BCUT2D eigenvalue weighted by Crippen LogP contribution is 2.28. The van der Waals surface area contributed by atoms with Crippen LogP contribution < -0.4 is 5.32 Å². The minimum Gasteiger partial charge on any atom is -0.313 e. The van der Waals surface area contributed by atoms with E-state index in [9.17, 15) is 0 Å². The molecule has 1 saturated heterocycles. The summed E-state index contributed by atoms with van der Waals surface area (Å²) in [6.07, 6.45) is 5.60. The molecule has 0 aromatic carbocycles. The molecule has 0 spiro atoms. The van der Waals surface area contributed by atoms with Crippen LogP contribution in [0.15, 0.2) is 0 Å². The van der Waals surface area contributed by atoms with E-state index in [2.05, 4.69) is 35.8 Å². The Kier molecular flexibility index (Phi) is 7.24. The van der Waals surface area contributed by atoms with Gasteiger partial charge < -0.3 is 5.32 Å². The molecule has 2 aliphatic rings. The van der Waals surface area contributed by atoms with E-state index in [1.165, 1.54) is 50.3 Å². The average Bonchev–Trinajstić information content (AvgIpc) is 3.09. The molecule has 102 valence electrons. The molecule has 0 aromatic heterocycles. The second-order valence-electron chi connectivity index (χ2n) is 5.40. The Morgan fingerprint density at radius 1 is 1.18 bits per heavy atom. The first-order valence-electron chi connectivity index (χ1n) is 6.84. The largest absolute Gasteiger partial charge is 0.313 e. The number of halogens is 1. The van der Waals surface area contributed by atoms with E-state index >= 15 is 0 Å². The van der Waals surface area contributed by atoms with E-state index in [1.54, 1.807) is 0 Å². The van der Waals surface area contributed by atoms with Gasteiger partial charge in [0, 0.05) is 31.2 Å². The first-order chi connectivity index (χ1) is 7.77. The van der Waals surface area contributed by atoms with Crippen molar-refractivity contribution in [2.45, 2.75) is 57.7 Å². The number of hydrogen-bond acceptors (Lipinski definition) is 3. The van der Waals surface area contributed by atoms with Gasteiger partial charge in [0.25, 0.3) is 0 Å². The van der Waals surface area contributed by atoms with Crippen LogP contribution in [-0.2, 0) is 0 Å². The molecule has 0 atom stereocenters. The van der Waals surface area contributed by atoms with E-state index in [4.69, 9.17) is 0 Å². The normalized spacial score (nSPS) is 21.9. The molecular formula is C13H27ClN2S. The topological polar surface area (TPSA) is 15.3 Å². The summed E-state index contributed by atoms with van der Waals surface area (Å²) in [6, 6.07) is 2.43. The smallest absolute Gasteiger partial charge is 0.0113 e. The maximum Gasteiger partial charge on any atom is 0.0113 e. The molecular weight excluding hydrogens is 252 g/mol. The zero-order valence-corrected chi connectivity index (χ0v) is 12.8. The molecule has 1 N–H and O–H groups in total. The number of thioether (sulfide) groups is 1. The molecule has 2 nitrogen and oxygen atoms in total. The van der Waals surface area contributed by atoms with Crippen molar-refractivity contribution in [3.63, 3.8) is 0 Å². The lowest BCUT2D eigenvalue weighted by molar-refractivity contribution is 0.208. The first-order valence-corrected chi connectivity index (χ1v) is 7.99. The molecule has 17 heavy (non-hydrogen) atoms. The van der Waals surface area contributed by atoms with Crippen LogP contribution in [0.2, 0.25) is 0 Å². The summed E-state index contributed by atoms with van der Waals surface area (Å²) < 4.78 is 0. The standard InChI is InChI=1S/C13H26N2S.ClH/c1-11(2)15(13-3-4-13)8-7-14-12-5-9-16-10-6-12;/h11-14H,3-10H2,1-2H3;1H. The van der Waals surface area contributed by atoms with Crippen molar-refractivity contribution >= 4 is 24.2 Å². The Morgan fingerprint density at radius 2 is 1.82 bits per heavy atom. The number of hydrogen-bond donors (Lipinski definition) is 1. The fourth-order valence-corrected chi connectivity index (χ4v) is 3.67. The summed E-state index contributed by atoms with van der Waals surface area (Å²) >= 11 is 2.11. The highest BCUT2D eigenvalue weighted by atomic mass is 35.5. The SMILES string of the molecule is CC(C)N(CCNC1CCSCC1)C1CC1.Cl. The molecule has 0 radical (unpaired) electrons. The Bertz CT molecular complexity index is 202. The number of nitrogens with zero attached hydrogens (tertiary/aromatic N) is 1. The molecule has 0 amide bonds. The third-order valence-electron chi connectivity index (χ3n) is 3.70. The fourth-order valence-electron chi connectivity index (χ4n) is 2.57. The summed E-state index contributed by atoms with van der Waals surface area (Å²) in [6.45, 7) is 7.08. The van der Waals surface area contributed by atoms with Crippen LogP contribution in [0, 0.1) is 0 Å². The van der Waals surface area contributed by atoms with Crippen LogP contribution in [0.25, 0.3) is 0 Å². The molecule has 2 fully saturated rings. The minimum absolute atomic E-state index is 0. The molecule has 2 rings (SSSR count). The van der Waals surface area contributed by atoms with Gasteiger partial charge >= 0.3 is 0 Å². The molecule has 0 aromatic rings. The average molecular weight is 279 g/mol. The summed E-state index contributed by atoms with van der Waals surface area (Å²) in [5, 5.41) is 3.73. The van der Waals surface area contributed by atoms with Gasteiger partial charge in [-0.3, -0.25) is 4.90 Å². The summed E-state index contributed by atoms with van der Waals surface area (Å²) in [4.78, 5) is 2.67. The van der Waals surface area contributed by atoms with Gasteiger partial charge in [-0.2, -0.15) is 11.8 Å². The zero-order valence-electron chi connectivity index (χ0n) is 11.2. The van der Waals surface area contributed by atoms with Gasteiger partial charge in [0.2, 0.25) is 0 Å². The summed E-state index contributed by atoms with van der Waals surface area (Å²) in [5.41, 5.74) is 0. The van der Waals surface area contributed by atoms with Crippen molar-refractivity contribution in [1.82, 2.24) is 10.2 Å². The molecule has 1 aliphatic carbocycles. The van der Waals surface area contributed by atoms with E-state index in [0.717, 1.165) is 18.1 Å². The maximum atomic E-state index is 3.73. The summed E-state index contributed by atoms with van der Waals surface area (Å²) in [5.74, 6) is 2.71. The van der Waals surface area contributed by atoms with Crippen molar-refractivity contribution in [3.05, 3.63) is 0 Å². The van der Waals surface area contributed by atoms with E-state index < -0.39 is 0 Å². The molecule has 4 heteroatoms. The van der Waals surface area contributed by atoms with Crippen molar-refractivity contribution in [1.29, 1.82) is 0 Å². The van der Waals surface area contributed by atoms with Gasteiger partial charge in [0.05, 0.1) is 0 Å². The lowest BCUT2D eigenvalue weighted by atomic mass is 10.1. The first kappa shape index (κ1) is 15.6. The molecule has 1 saturated carbocycles. The third-order valence-corrected chi connectivity index (χ3v) is 4.75. The van der Waals surface area contributed by atoms with Gasteiger partial charge in [0.15, 0.2) is 0 Å². The molecule has 0 bridgehead atoms. The van der Waals surface area contributed by atoms with Crippen molar-refractivity contribution in [2.24, 2.45) is 0 Å².